The molecule has 0 amide bonds. The summed E-state index contributed by atoms with van der Waals surface area (Å²) in [6.45, 7) is 6.77. The first-order chi connectivity index (χ1) is 6.85. The Morgan fingerprint density at radius 1 is 1.27 bits per heavy atom. The second kappa shape index (κ2) is 4.13. The molecule has 0 fully saturated rings. The van der Waals surface area contributed by atoms with Crippen LogP contribution < -0.4 is 0 Å². The van der Waals surface area contributed by atoms with Crippen LogP contribution in [0.5, 0.6) is 0 Å². The van der Waals surface area contributed by atoms with E-state index in [1.807, 2.05) is 13.8 Å². The number of rotatable bonds is 3. The van der Waals surface area contributed by atoms with Gasteiger partial charge in [-0.05, 0) is 25.3 Å². The summed E-state index contributed by atoms with van der Waals surface area (Å²) in [5, 5.41) is 0. The summed E-state index contributed by atoms with van der Waals surface area (Å²) in [6, 6.07) is 6.74. The molecule has 2 heteroatoms. The van der Waals surface area contributed by atoms with Gasteiger partial charge in [-0.3, -0.25) is 4.79 Å². The minimum absolute atomic E-state index is 0.00616. The van der Waals surface area contributed by atoms with Crippen LogP contribution in [0.3, 0.4) is 0 Å². The lowest BCUT2D eigenvalue weighted by atomic mass is 9.86. The molecule has 0 aromatic heterocycles. The zero-order valence-electron chi connectivity index (χ0n) is 9.67. The fourth-order valence-electron chi connectivity index (χ4n) is 1.36. The average molecular weight is 208 g/mol. The number of hydrogen-bond donors (Lipinski definition) is 0. The minimum Gasteiger partial charge on any atom is -0.295 e. The van der Waals surface area contributed by atoms with Gasteiger partial charge >= 0.3 is 0 Å². The number of Topliss-reactive ketones (excluding diaryl/α,β-unsaturated/α-hetero) is 1. The summed E-state index contributed by atoms with van der Waals surface area (Å²) in [4.78, 5) is 11.0. The second-order valence-corrected chi connectivity index (χ2v) is 4.36. The normalized spacial score (nSPS) is 15.1. The molecule has 0 heterocycles. The molecular formula is C13H17FO. The SMILES string of the molecule is CC(=O)c1ccc(C(C)(F)C(C)C)cc1. The summed E-state index contributed by atoms with van der Waals surface area (Å²) >= 11 is 0. The summed E-state index contributed by atoms with van der Waals surface area (Å²) in [6.07, 6.45) is 0. The van der Waals surface area contributed by atoms with E-state index in [-0.39, 0.29) is 11.7 Å². The molecule has 82 valence electrons. The Morgan fingerprint density at radius 2 is 1.73 bits per heavy atom. The molecular weight excluding hydrogens is 191 g/mol. The molecule has 0 aliphatic carbocycles. The van der Waals surface area contributed by atoms with E-state index in [9.17, 15) is 9.18 Å². The lowest BCUT2D eigenvalue weighted by molar-refractivity contribution is 0.101. The van der Waals surface area contributed by atoms with E-state index in [0.29, 0.717) is 11.1 Å². The third-order valence-electron chi connectivity index (χ3n) is 2.94. The molecule has 1 nitrogen and oxygen atoms in total. The van der Waals surface area contributed by atoms with Gasteiger partial charge in [0.1, 0.15) is 5.67 Å². The van der Waals surface area contributed by atoms with Crippen molar-refractivity contribution in [3.63, 3.8) is 0 Å². The van der Waals surface area contributed by atoms with E-state index in [4.69, 9.17) is 0 Å². The Labute approximate surface area is 90.3 Å². The number of hydrogen-bond acceptors (Lipinski definition) is 1. The molecule has 1 aromatic rings. The Bertz CT molecular complexity index is 349. The highest BCUT2D eigenvalue weighted by Crippen LogP contribution is 2.33. The zero-order valence-corrected chi connectivity index (χ0v) is 9.67. The van der Waals surface area contributed by atoms with Crippen molar-refractivity contribution in [1.29, 1.82) is 0 Å². The molecule has 0 radical (unpaired) electrons. The van der Waals surface area contributed by atoms with Crippen LogP contribution in [0.4, 0.5) is 4.39 Å². The smallest absolute Gasteiger partial charge is 0.159 e. The lowest BCUT2D eigenvalue weighted by Crippen LogP contribution is -2.22. The maximum Gasteiger partial charge on any atom is 0.159 e. The third kappa shape index (κ3) is 2.44. The van der Waals surface area contributed by atoms with E-state index < -0.39 is 5.67 Å². The quantitative estimate of drug-likeness (QED) is 0.692. The fraction of sp³-hybridized carbons (Fsp3) is 0.462. The predicted octanol–water partition coefficient (Wildman–Crippen LogP) is 3.73. The van der Waals surface area contributed by atoms with Crippen molar-refractivity contribution in [3.05, 3.63) is 35.4 Å². The van der Waals surface area contributed by atoms with Crippen LogP contribution in [0.25, 0.3) is 0 Å². The molecule has 1 aromatic carbocycles. The van der Waals surface area contributed by atoms with Crippen molar-refractivity contribution in [2.24, 2.45) is 5.92 Å². The highest BCUT2D eigenvalue weighted by Gasteiger charge is 2.29. The minimum atomic E-state index is -1.34. The number of ketones is 1. The van der Waals surface area contributed by atoms with Crippen molar-refractivity contribution in [2.75, 3.05) is 0 Å². The van der Waals surface area contributed by atoms with E-state index in [0.717, 1.165) is 0 Å². The maximum absolute atomic E-state index is 14.2. The molecule has 15 heavy (non-hydrogen) atoms. The number of carbonyl (C=O) groups excluding carboxylic acids is 1. The molecule has 0 bridgehead atoms. The van der Waals surface area contributed by atoms with Gasteiger partial charge in [0, 0.05) is 5.56 Å². The molecule has 0 saturated carbocycles. The van der Waals surface area contributed by atoms with Crippen LogP contribution in [0.2, 0.25) is 0 Å². The molecule has 1 unspecified atom stereocenters. The molecule has 0 spiro atoms. The van der Waals surface area contributed by atoms with Crippen LogP contribution in [0.15, 0.2) is 24.3 Å². The van der Waals surface area contributed by atoms with Crippen LogP contribution >= 0.6 is 0 Å². The predicted molar refractivity (Wildman–Crippen MR) is 59.7 cm³/mol. The summed E-state index contributed by atoms with van der Waals surface area (Å²) < 4.78 is 14.2. The Morgan fingerprint density at radius 3 is 2.07 bits per heavy atom. The topological polar surface area (TPSA) is 17.1 Å². The number of benzene rings is 1. The maximum atomic E-state index is 14.2. The largest absolute Gasteiger partial charge is 0.295 e. The van der Waals surface area contributed by atoms with Crippen LogP contribution in [0.1, 0.15) is 43.6 Å². The first-order valence-corrected chi connectivity index (χ1v) is 5.16. The molecule has 0 saturated heterocycles. The number of carbonyl (C=O) groups is 1. The fourth-order valence-corrected chi connectivity index (χ4v) is 1.36. The molecule has 1 atom stereocenters. The highest BCUT2D eigenvalue weighted by atomic mass is 19.1. The summed E-state index contributed by atoms with van der Waals surface area (Å²) in [5.41, 5.74) is -0.0872. The lowest BCUT2D eigenvalue weighted by Gasteiger charge is -2.25. The van der Waals surface area contributed by atoms with Gasteiger partial charge in [0.25, 0.3) is 0 Å². The van der Waals surface area contributed by atoms with Crippen molar-refractivity contribution in [3.8, 4) is 0 Å². The van der Waals surface area contributed by atoms with Crippen LogP contribution in [-0.4, -0.2) is 5.78 Å². The Balaban J connectivity index is 3.04. The first-order valence-electron chi connectivity index (χ1n) is 5.16. The van der Waals surface area contributed by atoms with E-state index in [1.165, 1.54) is 6.92 Å². The van der Waals surface area contributed by atoms with Crippen LogP contribution in [-0.2, 0) is 5.67 Å². The average Bonchev–Trinajstić information content (AvgIpc) is 2.17. The molecule has 1 rings (SSSR count). The van der Waals surface area contributed by atoms with Gasteiger partial charge in [0.05, 0.1) is 0 Å². The Kier molecular flexibility index (Phi) is 3.28. The van der Waals surface area contributed by atoms with Crippen molar-refractivity contribution in [1.82, 2.24) is 0 Å². The summed E-state index contributed by atoms with van der Waals surface area (Å²) in [5.74, 6) is -0.0765. The van der Waals surface area contributed by atoms with E-state index in [1.54, 1.807) is 31.2 Å². The van der Waals surface area contributed by atoms with Gasteiger partial charge in [-0.2, -0.15) is 0 Å². The first kappa shape index (κ1) is 11.9. The van der Waals surface area contributed by atoms with Crippen LogP contribution in [0, 0.1) is 5.92 Å². The van der Waals surface area contributed by atoms with Gasteiger partial charge < -0.3 is 0 Å². The molecule has 0 aliphatic rings. The van der Waals surface area contributed by atoms with Gasteiger partial charge in [0.15, 0.2) is 5.78 Å². The van der Waals surface area contributed by atoms with Gasteiger partial charge in [-0.1, -0.05) is 38.1 Å². The van der Waals surface area contributed by atoms with Crippen molar-refractivity contribution in [2.45, 2.75) is 33.4 Å². The number of alkyl halides is 1. The molecule has 0 N–H and O–H groups in total. The highest BCUT2D eigenvalue weighted by molar-refractivity contribution is 5.94. The van der Waals surface area contributed by atoms with Crippen molar-refractivity contribution < 1.29 is 9.18 Å². The summed E-state index contributed by atoms with van der Waals surface area (Å²) in [7, 11) is 0. The second-order valence-electron chi connectivity index (χ2n) is 4.36. The molecule has 0 aliphatic heterocycles. The van der Waals surface area contributed by atoms with Gasteiger partial charge in [-0.25, -0.2) is 4.39 Å². The van der Waals surface area contributed by atoms with E-state index >= 15 is 0 Å². The zero-order chi connectivity index (χ0) is 11.6. The standard InChI is InChI=1S/C13H17FO/c1-9(2)13(4,14)12-7-5-11(6-8-12)10(3)15/h5-9H,1-4H3. The van der Waals surface area contributed by atoms with Gasteiger partial charge in [0.2, 0.25) is 0 Å². The van der Waals surface area contributed by atoms with Gasteiger partial charge in [-0.15, -0.1) is 0 Å². The van der Waals surface area contributed by atoms with Crippen molar-refractivity contribution >= 4 is 5.78 Å². The Hall–Kier alpha value is -1.18. The third-order valence-corrected chi connectivity index (χ3v) is 2.94. The van der Waals surface area contributed by atoms with E-state index in [2.05, 4.69) is 0 Å². The number of halogens is 1. The monoisotopic (exact) mass is 208 g/mol.